The van der Waals surface area contributed by atoms with Crippen LogP contribution < -0.4 is 0 Å². The highest BCUT2D eigenvalue weighted by Gasteiger charge is 2.25. The molecule has 0 bridgehead atoms. The van der Waals surface area contributed by atoms with Crippen LogP contribution in [0.2, 0.25) is 24.2 Å². The molecule has 0 aromatic heterocycles. The Morgan fingerprint density at radius 2 is 0.826 bits per heavy atom. The number of unbranched alkanes of at least 4 members (excludes halogenated alkanes) is 4. The SMILES string of the molecule is CCCCC(CCCC)[SiH](C)O[SiH](C)C(CCCC)CCCC. The molecule has 0 aliphatic heterocycles. The third kappa shape index (κ3) is 11.6. The van der Waals surface area contributed by atoms with Gasteiger partial charge in [0.25, 0.3) is 0 Å². The molecule has 1 nitrogen and oxygen atoms in total. The third-order valence-electron chi connectivity index (χ3n) is 5.47. The number of rotatable bonds is 16. The van der Waals surface area contributed by atoms with Gasteiger partial charge in [0, 0.05) is 0 Å². The van der Waals surface area contributed by atoms with Crippen LogP contribution in [0.1, 0.15) is 105 Å². The summed E-state index contributed by atoms with van der Waals surface area (Å²) in [7, 11) is -2.00. The second-order valence-electron chi connectivity index (χ2n) is 7.64. The fourth-order valence-electron chi connectivity index (χ4n) is 3.65. The lowest BCUT2D eigenvalue weighted by Gasteiger charge is -2.30. The molecule has 140 valence electrons. The summed E-state index contributed by atoms with van der Waals surface area (Å²) in [4.78, 5) is 0. The quantitative estimate of drug-likeness (QED) is 0.265. The van der Waals surface area contributed by atoms with Gasteiger partial charge in [0.1, 0.15) is 0 Å². The van der Waals surface area contributed by atoms with Crippen molar-refractivity contribution >= 4 is 18.1 Å². The molecule has 0 rings (SSSR count). The van der Waals surface area contributed by atoms with Crippen LogP contribution in [-0.2, 0) is 4.12 Å². The third-order valence-corrected chi connectivity index (χ3v) is 12.9. The van der Waals surface area contributed by atoms with E-state index in [1.54, 1.807) is 0 Å². The van der Waals surface area contributed by atoms with Crippen molar-refractivity contribution in [1.29, 1.82) is 0 Å². The minimum Gasteiger partial charge on any atom is -0.460 e. The van der Waals surface area contributed by atoms with Crippen molar-refractivity contribution in [2.45, 2.75) is 129 Å². The molecule has 0 heterocycles. The molecule has 0 spiro atoms. The van der Waals surface area contributed by atoms with E-state index < -0.39 is 18.1 Å². The second kappa shape index (κ2) is 15.9. The first-order valence-corrected chi connectivity index (χ1v) is 15.3. The average molecular weight is 359 g/mol. The predicted molar refractivity (Wildman–Crippen MR) is 113 cm³/mol. The Hall–Kier alpha value is 0.394. The van der Waals surface area contributed by atoms with Gasteiger partial charge in [-0.3, -0.25) is 0 Å². The lowest BCUT2D eigenvalue weighted by atomic mass is 10.1. The summed E-state index contributed by atoms with van der Waals surface area (Å²) >= 11 is 0. The fraction of sp³-hybridized carbons (Fsp3) is 1.00. The Kier molecular flexibility index (Phi) is 16.2. The molecular formula is C20H46OSi2. The van der Waals surface area contributed by atoms with Crippen LogP contribution in [-0.4, -0.2) is 18.1 Å². The van der Waals surface area contributed by atoms with Gasteiger partial charge in [0.15, 0.2) is 18.1 Å². The Labute approximate surface area is 151 Å². The van der Waals surface area contributed by atoms with Gasteiger partial charge < -0.3 is 4.12 Å². The normalized spacial score (nSPS) is 14.6. The van der Waals surface area contributed by atoms with E-state index in [4.69, 9.17) is 4.12 Å². The molecule has 0 aliphatic carbocycles. The molecule has 2 atom stereocenters. The molecular weight excluding hydrogens is 312 g/mol. The Morgan fingerprint density at radius 1 is 0.565 bits per heavy atom. The highest BCUT2D eigenvalue weighted by molar-refractivity contribution is 6.66. The maximum atomic E-state index is 6.84. The molecule has 0 N–H and O–H groups in total. The minimum absolute atomic E-state index is 0.933. The van der Waals surface area contributed by atoms with E-state index in [9.17, 15) is 0 Å². The van der Waals surface area contributed by atoms with Gasteiger partial charge in [-0.25, -0.2) is 0 Å². The van der Waals surface area contributed by atoms with Gasteiger partial charge in [-0.2, -0.15) is 0 Å². The number of hydrogen-bond acceptors (Lipinski definition) is 1. The molecule has 2 unspecified atom stereocenters. The molecule has 0 radical (unpaired) electrons. The van der Waals surface area contributed by atoms with Crippen LogP contribution in [0.15, 0.2) is 0 Å². The van der Waals surface area contributed by atoms with Gasteiger partial charge >= 0.3 is 0 Å². The highest BCUT2D eigenvalue weighted by atomic mass is 28.4. The van der Waals surface area contributed by atoms with Crippen LogP contribution in [0.4, 0.5) is 0 Å². The van der Waals surface area contributed by atoms with E-state index in [0.717, 1.165) is 11.1 Å². The van der Waals surface area contributed by atoms with Crippen LogP contribution in [0.5, 0.6) is 0 Å². The van der Waals surface area contributed by atoms with E-state index >= 15 is 0 Å². The zero-order valence-electron chi connectivity index (χ0n) is 17.2. The monoisotopic (exact) mass is 358 g/mol. The Bertz CT molecular complexity index is 208. The van der Waals surface area contributed by atoms with E-state index in [2.05, 4.69) is 40.8 Å². The summed E-state index contributed by atoms with van der Waals surface area (Å²) in [6.45, 7) is 14.3. The molecule has 0 saturated heterocycles. The molecule has 0 aromatic carbocycles. The summed E-state index contributed by atoms with van der Waals surface area (Å²) in [5.41, 5.74) is 1.87. The van der Waals surface area contributed by atoms with Gasteiger partial charge in [-0.05, 0) is 24.2 Å². The van der Waals surface area contributed by atoms with E-state index in [-0.39, 0.29) is 0 Å². The summed E-state index contributed by atoms with van der Waals surface area (Å²) in [5, 5.41) is 0. The lowest BCUT2D eigenvalue weighted by Crippen LogP contribution is -2.32. The topological polar surface area (TPSA) is 9.23 Å². The van der Waals surface area contributed by atoms with Crippen LogP contribution in [0, 0.1) is 0 Å². The van der Waals surface area contributed by atoms with E-state index in [0.29, 0.717) is 0 Å². The minimum atomic E-state index is -1.00. The smallest absolute Gasteiger partial charge is 0.162 e. The van der Waals surface area contributed by atoms with E-state index in [1.165, 1.54) is 77.0 Å². The van der Waals surface area contributed by atoms with Crippen LogP contribution in [0.3, 0.4) is 0 Å². The molecule has 3 heteroatoms. The van der Waals surface area contributed by atoms with Crippen molar-refractivity contribution in [3.63, 3.8) is 0 Å². The van der Waals surface area contributed by atoms with Crippen molar-refractivity contribution in [3.05, 3.63) is 0 Å². The lowest BCUT2D eigenvalue weighted by molar-refractivity contribution is 0.482. The molecule has 0 fully saturated rings. The molecule has 23 heavy (non-hydrogen) atoms. The first-order valence-electron chi connectivity index (χ1n) is 10.8. The summed E-state index contributed by atoms with van der Waals surface area (Å²) in [6, 6.07) is 0. The zero-order chi connectivity index (χ0) is 17.5. The summed E-state index contributed by atoms with van der Waals surface area (Å²) in [6.07, 6.45) is 16.7. The zero-order valence-corrected chi connectivity index (χ0v) is 19.5. The standard InChI is InChI=1S/C20H46OSi2/c1-7-11-15-19(16-12-8-2)22(5)21-23(6)20(17-13-9-3)18-14-10-4/h19-20,22-23H,7-18H2,1-6H3. The molecule has 0 saturated carbocycles. The van der Waals surface area contributed by atoms with Crippen molar-refractivity contribution in [2.24, 2.45) is 0 Å². The summed E-state index contributed by atoms with van der Waals surface area (Å²) in [5.74, 6) is 0. The Morgan fingerprint density at radius 3 is 1.04 bits per heavy atom. The largest absolute Gasteiger partial charge is 0.460 e. The predicted octanol–water partition coefficient (Wildman–Crippen LogP) is 7.21. The van der Waals surface area contributed by atoms with Crippen molar-refractivity contribution in [3.8, 4) is 0 Å². The highest BCUT2D eigenvalue weighted by Crippen LogP contribution is 2.31. The van der Waals surface area contributed by atoms with Gasteiger partial charge in [0.2, 0.25) is 0 Å². The van der Waals surface area contributed by atoms with Crippen molar-refractivity contribution in [1.82, 2.24) is 0 Å². The van der Waals surface area contributed by atoms with Crippen LogP contribution in [0.25, 0.3) is 0 Å². The molecule has 0 aliphatic rings. The first-order chi connectivity index (χ1) is 11.1. The average Bonchev–Trinajstić information content (AvgIpc) is 2.54. The Balaban J connectivity index is 4.51. The van der Waals surface area contributed by atoms with Gasteiger partial charge in [0.05, 0.1) is 0 Å². The number of hydrogen-bond donors (Lipinski definition) is 0. The van der Waals surface area contributed by atoms with Crippen LogP contribution >= 0.6 is 0 Å². The second-order valence-corrected chi connectivity index (χ2v) is 13.4. The first kappa shape index (κ1) is 23.4. The maximum absolute atomic E-state index is 6.84. The van der Waals surface area contributed by atoms with Crippen molar-refractivity contribution < 1.29 is 4.12 Å². The van der Waals surface area contributed by atoms with Crippen molar-refractivity contribution in [2.75, 3.05) is 0 Å². The van der Waals surface area contributed by atoms with E-state index in [1.807, 2.05) is 0 Å². The summed E-state index contributed by atoms with van der Waals surface area (Å²) < 4.78 is 6.84. The molecule has 0 aromatic rings. The van der Waals surface area contributed by atoms with Gasteiger partial charge in [-0.15, -0.1) is 0 Å². The maximum Gasteiger partial charge on any atom is 0.162 e. The van der Waals surface area contributed by atoms with Gasteiger partial charge in [-0.1, -0.05) is 105 Å². The molecule has 0 amide bonds. The fourth-order valence-corrected chi connectivity index (χ4v) is 11.0.